The second-order valence-corrected chi connectivity index (χ2v) is 8.97. The normalized spacial score (nSPS) is 12.6. The fourth-order valence-electron chi connectivity index (χ4n) is 3.04. The molecule has 3 N–H and O–H groups in total. The van der Waals surface area contributed by atoms with E-state index in [1.54, 1.807) is 42.7 Å². The number of hydrogen-bond donors (Lipinski definition) is 3. The van der Waals surface area contributed by atoms with E-state index >= 15 is 0 Å². The number of nitrogens with one attached hydrogen (secondary N) is 1. The molecule has 1 aromatic heterocycles. The number of aromatic nitrogens is 1. The third-order valence-electron chi connectivity index (χ3n) is 4.44. The highest BCUT2D eigenvalue weighted by molar-refractivity contribution is 7.90. The van der Waals surface area contributed by atoms with Crippen LogP contribution in [0.1, 0.15) is 38.5 Å². The molecule has 1 aromatic carbocycles. The summed E-state index contributed by atoms with van der Waals surface area (Å²) in [5.41, 5.74) is 2.09. The highest BCUT2D eigenvalue weighted by Gasteiger charge is 2.21. The number of carbonyl (C=O) groups is 2. The van der Waals surface area contributed by atoms with Gasteiger partial charge in [-0.15, -0.1) is 0 Å². The Balaban J connectivity index is 2.36. The van der Waals surface area contributed by atoms with Gasteiger partial charge in [0.1, 0.15) is 9.84 Å². The molecular formula is C19H24N2O6S. The molecule has 0 bridgehead atoms. The molecule has 0 radical (unpaired) electrons. The first-order valence-corrected chi connectivity index (χ1v) is 10.7. The Labute approximate surface area is 163 Å². The molecule has 0 fully saturated rings. The molecule has 0 saturated heterocycles. The van der Waals surface area contributed by atoms with Crippen LogP contribution >= 0.6 is 0 Å². The molecule has 28 heavy (non-hydrogen) atoms. The van der Waals surface area contributed by atoms with Gasteiger partial charge in [-0.1, -0.05) is 12.1 Å². The van der Waals surface area contributed by atoms with Crippen molar-refractivity contribution >= 4 is 21.7 Å². The first kappa shape index (κ1) is 21.6. The van der Waals surface area contributed by atoms with Crippen LogP contribution < -0.4 is 5.32 Å². The van der Waals surface area contributed by atoms with Gasteiger partial charge in [-0.25, -0.2) is 13.2 Å². The maximum atomic E-state index is 12.8. The summed E-state index contributed by atoms with van der Waals surface area (Å²) in [5.74, 6) is -1.69. The van der Waals surface area contributed by atoms with Crippen LogP contribution in [0.4, 0.5) is 0 Å². The van der Waals surface area contributed by atoms with E-state index in [9.17, 15) is 28.2 Å². The molecule has 8 nitrogen and oxygen atoms in total. The maximum absolute atomic E-state index is 12.8. The second-order valence-electron chi connectivity index (χ2n) is 6.71. The van der Waals surface area contributed by atoms with Crippen molar-refractivity contribution in [2.75, 3.05) is 18.6 Å². The smallest absolute Gasteiger partial charge is 0.337 e. The standard InChI is InChI=1S/C19H24N2O6S/c1-12-10-16(19(24)25)13(2)21(12)17-7-5-4-6-15(17)18(23)20-14(11-22)8-9-28(3,26)27/h4-7,10,14,22H,8-9,11H2,1-3H3,(H,20,23)(H,24,25). The number of carbonyl (C=O) groups excluding carboxylic acids is 1. The van der Waals surface area contributed by atoms with Crippen LogP contribution in [0, 0.1) is 13.8 Å². The van der Waals surface area contributed by atoms with Crippen LogP contribution in [0.5, 0.6) is 0 Å². The van der Waals surface area contributed by atoms with Crippen molar-refractivity contribution in [3.05, 3.63) is 52.8 Å². The number of aliphatic hydroxyl groups excluding tert-OH is 1. The number of benzene rings is 1. The minimum absolute atomic E-state index is 0.0912. The quantitative estimate of drug-likeness (QED) is 0.605. The summed E-state index contributed by atoms with van der Waals surface area (Å²) in [4.78, 5) is 24.2. The minimum Gasteiger partial charge on any atom is -0.478 e. The number of aliphatic hydroxyl groups is 1. The predicted octanol–water partition coefficient (Wildman–Crippen LogP) is 1.32. The fraction of sp³-hybridized carbons (Fsp3) is 0.368. The first-order valence-electron chi connectivity index (χ1n) is 8.66. The summed E-state index contributed by atoms with van der Waals surface area (Å²) < 4.78 is 24.3. The molecule has 1 amide bonds. The van der Waals surface area contributed by atoms with Crippen LogP contribution in [0.15, 0.2) is 30.3 Å². The topological polar surface area (TPSA) is 126 Å². The Kier molecular flexibility index (Phi) is 6.63. The molecule has 2 rings (SSSR count). The molecule has 0 spiro atoms. The zero-order chi connectivity index (χ0) is 21.1. The summed E-state index contributed by atoms with van der Waals surface area (Å²) in [7, 11) is -3.22. The molecule has 1 atom stereocenters. The average molecular weight is 408 g/mol. The van der Waals surface area contributed by atoms with Gasteiger partial charge in [0.05, 0.1) is 35.2 Å². The lowest BCUT2D eigenvalue weighted by Crippen LogP contribution is -2.39. The maximum Gasteiger partial charge on any atom is 0.337 e. The summed E-state index contributed by atoms with van der Waals surface area (Å²) in [6, 6.07) is 7.53. The number of carboxylic acid groups (broad SMARTS) is 1. The Morgan fingerprint density at radius 1 is 1.18 bits per heavy atom. The van der Waals surface area contributed by atoms with Gasteiger partial charge in [-0.2, -0.15) is 0 Å². The van der Waals surface area contributed by atoms with Gasteiger partial charge in [0.15, 0.2) is 0 Å². The number of sulfone groups is 1. The van der Waals surface area contributed by atoms with Crippen LogP contribution in [0.3, 0.4) is 0 Å². The monoisotopic (exact) mass is 408 g/mol. The van der Waals surface area contributed by atoms with Crippen molar-refractivity contribution in [1.29, 1.82) is 0 Å². The van der Waals surface area contributed by atoms with Crippen LogP contribution in [-0.4, -0.2) is 59.7 Å². The molecule has 1 heterocycles. The largest absolute Gasteiger partial charge is 0.478 e. The van der Waals surface area contributed by atoms with Crippen LogP contribution in [-0.2, 0) is 9.84 Å². The zero-order valence-corrected chi connectivity index (χ0v) is 16.8. The third-order valence-corrected chi connectivity index (χ3v) is 5.42. The van der Waals surface area contributed by atoms with Crippen LogP contribution in [0.2, 0.25) is 0 Å². The lowest BCUT2D eigenvalue weighted by molar-refractivity contribution is 0.0696. The number of hydrogen-bond acceptors (Lipinski definition) is 5. The van der Waals surface area contributed by atoms with E-state index in [1.165, 1.54) is 6.07 Å². The number of aromatic carboxylic acids is 1. The van der Waals surface area contributed by atoms with Gasteiger partial charge in [0.2, 0.25) is 0 Å². The van der Waals surface area contributed by atoms with Crippen molar-refractivity contribution in [2.24, 2.45) is 0 Å². The summed E-state index contributed by atoms with van der Waals surface area (Å²) >= 11 is 0. The van der Waals surface area contributed by atoms with E-state index in [0.29, 0.717) is 22.6 Å². The Bertz CT molecular complexity index is 994. The van der Waals surface area contributed by atoms with E-state index < -0.39 is 34.4 Å². The van der Waals surface area contributed by atoms with E-state index in [2.05, 4.69) is 5.32 Å². The Hall–Kier alpha value is -2.65. The highest BCUT2D eigenvalue weighted by Crippen LogP contribution is 2.24. The van der Waals surface area contributed by atoms with Gasteiger partial charge < -0.3 is 20.1 Å². The average Bonchev–Trinajstić information content (AvgIpc) is 2.92. The van der Waals surface area contributed by atoms with Crippen molar-refractivity contribution in [1.82, 2.24) is 9.88 Å². The number of carboxylic acids is 1. The molecule has 0 aliphatic carbocycles. The number of amides is 1. The Morgan fingerprint density at radius 3 is 2.36 bits per heavy atom. The van der Waals surface area contributed by atoms with E-state index in [4.69, 9.17) is 0 Å². The molecule has 0 aliphatic heterocycles. The molecule has 152 valence electrons. The highest BCUT2D eigenvalue weighted by atomic mass is 32.2. The van der Waals surface area contributed by atoms with Gasteiger partial charge >= 0.3 is 5.97 Å². The SMILES string of the molecule is Cc1cc(C(=O)O)c(C)n1-c1ccccc1C(=O)NC(CO)CCS(C)(=O)=O. The lowest BCUT2D eigenvalue weighted by Gasteiger charge is -2.19. The van der Waals surface area contributed by atoms with Crippen LogP contribution in [0.25, 0.3) is 5.69 Å². The first-order chi connectivity index (χ1) is 13.0. The number of rotatable bonds is 8. The van der Waals surface area contributed by atoms with Gasteiger partial charge in [-0.3, -0.25) is 4.79 Å². The van der Waals surface area contributed by atoms with E-state index in [0.717, 1.165) is 6.26 Å². The van der Waals surface area contributed by atoms with E-state index in [1.807, 2.05) is 0 Å². The zero-order valence-electron chi connectivity index (χ0n) is 16.0. The van der Waals surface area contributed by atoms with Crippen molar-refractivity contribution in [3.8, 4) is 5.69 Å². The van der Waals surface area contributed by atoms with Gasteiger partial charge in [-0.05, 0) is 38.5 Å². The lowest BCUT2D eigenvalue weighted by atomic mass is 10.1. The minimum atomic E-state index is -3.22. The van der Waals surface area contributed by atoms with Crippen molar-refractivity contribution < 1.29 is 28.2 Å². The fourth-order valence-corrected chi connectivity index (χ4v) is 3.75. The summed E-state index contributed by atoms with van der Waals surface area (Å²) in [5, 5.41) is 21.5. The third kappa shape index (κ3) is 4.99. The van der Waals surface area contributed by atoms with Gasteiger partial charge in [0.25, 0.3) is 5.91 Å². The number of nitrogens with zero attached hydrogens (tertiary/aromatic N) is 1. The molecule has 0 saturated carbocycles. The van der Waals surface area contributed by atoms with Gasteiger partial charge in [0, 0.05) is 17.6 Å². The van der Waals surface area contributed by atoms with E-state index in [-0.39, 0.29) is 17.7 Å². The summed E-state index contributed by atoms with van der Waals surface area (Å²) in [6.07, 6.45) is 1.18. The molecule has 9 heteroatoms. The van der Waals surface area contributed by atoms with Crippen molar-refractivity contribution in [3.63, 3.8) is 0 Å². The number of aryl methyl sites for hydroxylation is 1. The predicted molar refractivity (Wildman–Crippen MR) is 105 cm³/mol. The molecule has 0 aliphatic rings. The molecule has 1 unspecified atom stereocenters. The number of para-hydroxylation sites is 1. The summed E-state index contributed by atoms with van der Waals surface area (Å²) in [6.45, 7) is 3.01. The molecule has 2 aromatic rings. The van der Waals surface area contributed by atoms with Crippen molar-refractivity contribution in [2.45, 2.75) is 26.3 Å². The Morgan fingerprint density at radius 2 is 1.82 bits per heavy atom. The second kappa shape index (κ2) is 8.57. The molecular weight excluding hydrogens is 384 g/mol.